The molecule has 2 aromatic rings. The van der Waals surface area contributed by atoms with Crippen LogP contribution in [-0.4, -0.2) is 41.3 Å². The summed E-state index contributed by atoms with van der Waals surface area (Å²) < 4.78 is 0. The number of hydrogen-bond donors (Lipinski definition) is 1. The summed E-state index contributed by atoms with van der Waals surface area (Å²) in [7, 11) is 0. The molecule has 1 unspecified atom stereocenters. The van der Waals surface area contributed by atoms with E-state index in [1.165, 1.54) is 6.42 Å². The van der Waals surface area contributed by atoms with E-state index in [1.54, 1.807) is 11.3 Å². The highest BCUT2D eigenvalue weighted by Crippen LogP contribution is 2.30. The molecule has 2 amide bonds. The molecule has 160 valence electrons. The van der Waals surface area contributed by atoms with Crippen LogP contribution in [0, 0.1) is 19.8 Å². The number of hydrogen-bond acceptors (Lipinski definition) is 4. The second-order valence-corrected chi connectivity index (χ2v) is 9.70. The fraction of sp³-hybridized carbons (Fsp3) is 0.542. The molecule has 6 heteroatoms. The molecule has 2 aliphatic rings. The van der Waals surface area contributed by atoms with Crippen molar-refractivity contribution in [1.29, 1.82) is 0 Å². The van der Waals surface area contributed by atoms with Gasteiger partial charge in [-0.1, -0.05) is 23.6 Å². The van der Waals surface area contributed by atoms with Crippen LogP contribution in [0.4, 0.5) is 0 Å². The number of carbonyl (C=O) groups excluding carboxylic acids is 2. The number of aryl methyl sites for hydroxylation is 2. The fourth-order valence-corrected chi connectivity index (χ4v) is 5.38. The van der Waals surface area contributed by atoms with Crippen LogP contribution in [0.5, 0.6) is 0 Å². The van der Waals surface area contributed by atoms with E-state index in [0.29, 0.717) is 12.5 Å². The van der Waals surface area contributed by atoms with Gasteiger partial charge in [-0.3, -0.25) is 9.59 Å². The molecule has 1 N–H and O–H groups in total. The van der Waals surface area contributed by atoms with Gasteiger partial charge in [-0.05, 0) is 51.7 Å². The second-order valence-electron chi connectivity index (χ2n) is 8.81. The highest BCUT2D eigenvalue weighted by atomic mass is 32.1. The molecule has 1 saturated heterocycles. The van der Waals surface area contributed by atoms with Gasteiger partial charge in [0.15, 0.2) is 0 Å². The van der Waals surface area contributed by atoms with E-state index in [4.69, 9.17) is 4.98 Å². The average Bonchev–Trinajstić information content (AvgIpc) is 3.14. The van der Waals surface area contributed by atoms with Gasteiger partial charge in [-0.2, -0.15) is 0 Å². The van der Waals surface area contributed by atoms with Crippen molar-refractivity contribution in [3.8, 4) is 0 Å². The normalized spacial score (nSPS) is 19.4. The zero-order chi connectivity index (χ0) is 21.1. The van der Waals surface area contributed by atoms with Crippen molar-refractivity contribution < 1.29 is 9.59 Å². The average molecular weight is 426 g/mol. The third-order valence-electron chi connectivity index (χ3n) is 6.25. The first kappa shape index (κ1) is 21.0. The number of benzene rings is 1. The Kier molecular flexibility index (Phi) is 6.52. The number of likely N-dealkylation sites (tertiary alicyclic amines) is 1. The predicted molar refractivity (Wildman–Crippen MR) is 120 cm³/mol. The van der Waals surface area contributed by atoms with Crippen molar-refractivity contribution in [1.82, 2.24) is 15.2 Å². The second kappa shape index (κ2) is 9.29. The summed E-state index contributed by atoms with van der Waals surface area (Å²) in [5.41, 5.74) is 4.08. The number of nitrogens with zero attached hydrogens (tertiary/aromatic N) is 2. The summed E-state index contributed by atoms with van der Waals surface area (Å²) in [5, 5.41) is 6.27. The zero-order valence-electron chi connectivity index (χ0n) is 17.9. The smallest absolute Gasteiger partial charge is 0.253 e. The van der Waals surface area contributed by atoms with E-state index in [9.17, 15) is 9.59 Å². The first-order chi connectivity index (χ1) is 14.5. The number of amides is 2. The highest BCUT2D eigenvalue weighted by molar-refractivity contribution is 7.09. The van der Waals surface area contributed by atoms with Crippen molar-refractivity contribution >= 4 is 23.2 Å². The lowest BCUT2D eigenvalue weighted by atomic mass is 9.85. The van der Waals surface area contributed by atoms with Gasteiger partial charge in [0.25, 0.3) is 5.91 Å². The molecular weight excluding hydrogens is 394 g/mol. The Morgan fingerprint density at radius 3 is 2.60 bits per heavy atom. The van der Waals surface area contributed by atoms with E-state index in [-0.39, 0.29) is 17.7 Å². The molecule has 0 radical (unpaired) electrons. The lowest BCUT2D eigenvalue weighted by Gasteiger charge is -2.32. The van der Waals surface area contributed by atoms with Gasteiger partial charge in [0.05, 0.1) is 10.7 Å². The summed E-state index contributed by atoms with van der Waals surface area (Å²) in [4.78, 5) is 31.8. The SMILES string of the molecule is Cc1cc(C)cc(C(=O)N2CCCC(c3nc(CCNC(=O)C4CCC4)cs3)C2)c1. The minimum absolute atomic E-state index is 0.127. The van der Waals surface area contributed by atoms with E-state index >= 15 is 0 Å². The van der Waals surface area contributed by atoms with E-state index in [2.05, 4.69) is 16.8 Å². The summed E-state index contributed by atoms with van der Waals surface area (Å²) in [6.45, 7) is 6.27. The molecule has 1 aliphatic heterocycles. The summed E-state index contributed by atoms with van der Waals surface area (Å²) in [6.07, 6.45) is 6.10. The molecule has 1 aliphatic carbocycles. The third-order valence-corrected chi connectivity index (χ3v) is 7.31. The minimum Gasteiger partial charge on any atom is -0.355 e. The topological polar surface area (TPSA) is 62.3 Å². The molecule has 2 fully saturated rings. The lowest BCUT2D eigenvalue weighted by molar-refractivity contribution is -0.127. The molecule has 5 nitrogen and oxygen atoms in total. The Morgan fingerprint density at radius 2 is 1.90 bits per heavy atom. The van der Waals surface area contributed by atoms with Crippen molar-refractivity contribution in [2.75, 3.05) is 19.6 Å². The van der Waals surface area contributed by atoms with Crippen LogP contribution in [0.15, 0.2) is 23.6 Å². The fourth-order valence-electron chi connectivity index (χ4n) is 4.40. The Morgan fingerprint density at radius 1 is 1.13 bits per heavy atom. The van der Waals surface area contributed by atoms with Crippen molar-refractivity contribution in [2.24, 2.45) is 5.92 Å². The maximum Gasteiger partial charge on any atom is 0.253 e. The van der Waals surface area contributed by atoms with Crippen molar-refractivity contribution in [2.45, 2.75) is 58.3 Å². The van der Waals surface area contributed by atoms with E-state index in [0.717, 1.165) is 72.6 Å². The molecule has 4 rings (SSSR count). The summed E-state index contributed by atoms with van der Waals surface area (Å²) in [6, 6.07) is 6.07. The molecule has 2 heterocycles. The highest BCUT2D eigenvalue weighted by Gasteiger charge is 2.28. The Bertz CT molecular complexity index is 899. The van der Waals surface area contributed by atoms with Gasteiger partial charge in [0.1, 0.15) is 0 Å². The van der Waals surface area contributed by atoms with Crippen LogP contribution in [0.25, 0.3) is 0 Å². The molecule has 0 bridgehead atoms. The Balaban J connectivity index is 1.33. The summed E-state index contributed by atoms with van der Waals surface area (Å²) in [5.74, 6) is 0.863. The number of rotatable bonds is 6. The van der Waals surface area contributed by atoms with Crippen LogP contribution >= 0.6 is 11.3 Å². The van der Waals surface area contributed by atoms with Gasteiger partial charge < -0.3 is 10.2 Å². The maximum atomic E-state index is 13.0. The predicted octanol–water partition coefficient (Wildman–Crippen LogP) is 4.24. The number of nitrogens with one attached hydrogen (secondary N) is 1. The number of thiazole rings is 1. The van der Waals surface area contributed by atoms with Crippen molar-refractivity contribution in [3.05, 3.63) is 51.0 Å². The largest absolute Gasteiger partial charge is 0.355 e. The first-order valence-electron chi connectivity index (χ1n) is 11.1. The quantitative estimate of drug-likeness (QED) is 0.753. The van der Waals surface area contributed by atoms with Crippen LogP contribution in [0.2, 0.25) is 0 Å². The molecule has 1 aromatic carbocycles. The van der Waals surface area contributed by atoms with Gasteiger partial charge in [0.2, 0.25) is 5.91 Å². The Labute approximate surface area is 182 Å². The standard InChI is InChI=1S/C24H31N3O2S/c1-16-11-17(2)13-20(12-16)24(29)27-10-4-7-19(14-27)23-26-21(15-30-23)8-9-25-22(28)18-5-3-6-18/h11-13,15,18-19H,3-10,14H2,1-2H3,(H,25,28). The molecule has 0 spiro atoms. The molecule has 1 aromatic heterocycles. The number of piperidine rings is 1. The van der Waals surface area contributed by atoms with Crippen LogP contribution in [-0.2, 0) is 11.2 Å². The van der Waals surface area contributed by atoms with Crippen LogP contribution in [0.1, 0.15) is 70.2 Å². The van der Waals surface area contributed by atoms with Gasteiger partial charge in [-0.15, -0.1) is 11.3 Å². The maximum absolute atomic E-state index is 13.0. The first-order valence-corrected chi connectivity index (χ1v) is 12.0. The third kappa shape index (κ3) is 4.91. The molecule has 1 saturated carbocycles. The molecular formula is C24H31N3O2S. The van der Waals surface area contributed by atoms with Crippen LogP contribution in [0.3, 0.4) is 0 Å². The van der Waals surface area contributed by atoms with E-state index < -0.39 is 0 Å². The van der Waals surface area contributed by atoms with Crippen molar-refractivity contribution in [3.63, 3.8) is 0 Å². The summed E-state index contributed by atoms with van der Waals surface area (Å²) >= 11 is 1.69. The van der Waals surface area contributed by atoms with Gasteiger partial charge in [0, 0.05) is 48.8 Å². The van der Waals surface area contributed by atoms with Crippen LogP contribution < -0.4 is 5.32 Å². The minimum atomic E-state index is 0.127. The molecule has 30 heavy (non-hydrogen) atoms. The lowest BCUT2D eigenvalue weighted by Crippen LogP contribution is -2.39. The number of aromatic nitrogens is 1. The van der Waals surface area contributed by atoms with Gasteiger partial charge in [-0.25, -0.2) is 4.98 Å². The van der Waals surface area contributed by atoms with Gasteiger partial charge >= 0.3 is 0 Å². The van der Waals surface area contributed by atoms with E-state index in [1.807, 2.05) is 30.9 Å². The number of carbonyl (C=O) groups is 2. The zero-order valence-corrected chi connectivity index (χ0v) is 18.8. The Hall–Kier alpha value is -2.21. The monoisotopic (exact) mass is 425 g/mol. The molecule has 1 atom stereocenters.